The molecule has 3 nitrogen and oxygen atoms in total. The highest BCUT2D eigenvalue weighted by Crippen LogP contribution is 2.47. The Bertz CT molecular complexity index is 620. The molecule has 0 saturated carbocycles. The monoisotopic (exact) mass is 314 g/mol. The molecule has 1 unspecified atom stereocenters. The molecule has 0 aromatic heterocycles. The molecule has 0 amide bonds. The molecule has 6 heteroatoms. The second-order valence-corrected chi connectivity index (χ2v) is 5.27. The molecular formula is C16H17F3O3. The predicted octanol–water partition coefficient (Wildman–Crippen LogP) is 4.21. The van der Waals surface area contributed by atoms with Crippen molar-refractivity contribution in [1.29, 1.82) is 0 Å². The average Bonchev–Trinajstić information content (AvgIpc) is 2.44. The van der Waals surface area contributed by atoms with Crippen molar-refractivity contribution >= 4 is 12.0 Å². The molecule has 120 valence electrons. The van der Waals surface area contributed by atoms with Crippen molar-refractivity contribution in [3.8, 4) is 5.75 Å². The Balaban J connectivity index is 2.61. The molecule has 1 aromatic carbocycles. The average molecular weight is 314 g/mol. The number of rotatable bonds is 4. The first-order valence-corrected chi connectivity index (χ1v) is 7.09. The van der Waals surface area contributed by atoms with Crippen molar-refractivity contribution in [2.75, 3.05) is 0 Å². The lowest BCUT2D eigenvalue weighted by Gasteiger charge is -2.38. The maximum Gasteiger partial charge on any atom is 0.432 e. The van der Waals surface area contributed by atoms with E-state index in [2.05, 4.69) is 0 Å². The fourth-order valence-electron chi connectivity index (χ4n) is 2.65. The van der Waals surface area contributed by atoms with Crippen LogP contribution in [0.3, 0.4) is 0 Å². The van der Waals surface area contributed by atoms with Gasteiger partial charge in [-0.2, -0.15) is 13.2 Å². The van der Waals surface area contributed by atoms with Gasteiger partial charge in [0.15, 0.2) is 0 Å². The number of fused-ring (bicyclic) bond motifs is 1. The van der Waals surface area contributed by atoms with Crippen LogP contribution in [0, 0.1) is 0 Å². The fraction of sp³-hybridized carbons (Fsp3) is 0.438. The molecule has 1 aromatic rings. The first kappa shape index (κ1) is 16.4. The molecular weight excluding hydrogens is 297 g/mol. The zero-order valence-corrected chi connectivity index (χ0v) is 12.3. The molecule has 1 aliphatic rings. The van der Waals surface area contributed by atoms with Gasteiger partial charge in [-0.05, 0) is 30.5 Å². The largest absolute Gasteiger partial charge is 0.478 e. The van der Waals surface area contributed by atoms with Crippen LogP contribution in [-0.2, 0) is 11.2 Å². The SMILES string of the molecule is CCCc1ccc2c(c1)OC(CC)(C(F)(F)F)C(C(=O)O)=C2. The van der Waals surface area contributed by atoms with E-state index in [-0.39, 0.29) is 5.75 Å². The molecule has 0 spiro atoms. The van der Waals surface area contributed by atoms with Crippen LogP contribution >= 0.6 is 0 Å². The number of alkyl halides is 3. The molecule has 0 fully saturated rings. The summed E-state index contributed by atoms with van der Waals surface area (Å²) in [7, 11) is 0. The summed E-state index contributed by atoms with van der Waals surface area (Å²) < 4.78 is 45.8. The summed E-state index contributed by atoms with van der Waals surface area (Å²) in [6.07, 6.45) is -2.69. The number of ether oxygens (including phenoxy) is 1. The Hall–Kier alpha value is -1.98. The third kappa shape index (κ3) is 2.58. The van der Waals surface area contributed by atoms with Crippen LogP contribution in [0.2, 0.25) is 0 Å². The highest BCUT2D eigenvalue weighted by molar-refractivity contribution is 5.96. The molecule has 1 atom stereocenters. The molecule has 0 bridgehead atoms. The van der Waals surface area contributed by atoms with Crippen LogP contribution in [0.5, 0.6) is 5.75 Å². The summed E-state index contributed by atoms with van der Waals surface area (Å²) in [5.41, 5.74) is -2.37. The minimum Gasteiger partial charge on any atom is -0.478 e. The van der Waals surface area contributed by atoms with Crippen molar-refractivity contribution in [1.82, 2.24) is 0 Å². The third-order valence-corrected chi connectivity index (χ3v) is 3.82. The first-order valence-electron chi connectivity index (χ1n) is 7.09. The van der Waals surface area contributed by atoms with Gasteiger partial charge in [0.1, 0.15) is 5.75 Å². The highest BCUT2D eigenvalue weighted by atomic mass is 19.4. The van der Waals surface area contributed by atoms with Crippen molar-refractivity contribution in [2.24, 2.45) is 0 Å². The second-order valence-electron chi connectivity index (χ2n) is 5.27. The Morgan fingerprint density at radius 1 is 1.32 bits per heavy atom. The normalized spacial score (nSPS) is 20.9. The van der Waals surface area contributed by atoms with E-state index in [0.717, 1.165) is 24.5 Å². The second kappa shape index (κ2) is 5.66. The lowest BCUT2D eigenvalue weighted by molar-refractivity contribution is -0.236. The van der Waals surface area contributed by atoms with E-state index in [1.54, 1.807) is 18.2 Å². The first-order chi connectivity index (χ1) is 10.2. The quantitative estimate of drug-likeness (QED) is 0.905. The van der Waals surface area contributed by atoms with Crippen LogP contribution in [0.25, 0.3) is 6.08 Å². The molecule has 0 aliphatic carbocycles. The van der Waals surface area contributed by atoms with Gasteiger partial charge in [0.05, 0.1) is 5.57 Å². The Labute approximate surface area is 126 Å². The van der Waals surface area contributed by atoms with Gasteiger partial charge in [0.25, 0.3) is 0 Å². The smallest absolute Gasteiger partial charge is 0.432 e. The summed E-state index contributed by atoms with van der Waals surface area (Å²) in [6, 6.07) is 4.93. The number of aliphatic carboxylic acids is 1. The van der Waals surface area contributed by atoms with Gasteiger partial charge in [-0.3, -0.25) is 0 Å². The van der Waals surface area contributed by atoms with Crippen LogP contribution in [0.4, 0.5) is 13.2 Å². The fourth-order valence-corrected chi connectivity index (χ4v) is 2.65. The maximum absolute atomic E-state index is 13.5. The minimum absolute atomic E-state index is 0.0788. The van der Waals surface area contributed by atoms with E-state index in [1.165, 1.54) is 6.92 Å². The minimum atomic E-state index is -4.82. The number of benzene rings is 1. The van der Waals surface area contributed by atoms with Crippen LogP contribution < -0.4 is 4.74 Å². The summed E-state index contributed by atoms with van der Waals surface area (Å²) in [6.45, 7) is 3.24. The number of carboxylic acid groups (broad SMARTS) is 1. The Morgan fingerprint density at radius 3 is 2.50 bits per heavy atom. The number of carbonyl (C=O) groups is 1. The van der Waals surface area contributed by atoms with E-state index >= 15 is 0 Å². The van der Waals surface area contributed by atoms with Gasteiger partial charge in [0, 0.05) is 5.56 Å². The van der Waals surface area contributed by atoms with Crippen molar-refractivity contribution < 1.29 is 27.8 Å². The maximum atomic E-state index is 13.5. The van der Waals surface area contributed by atoms with Gasteiger partial charge in [-0.25, -0.2) is 4.79 Å². The standard InChI is InChI=1S/C16H17F3O3/c1-3-5-10-6-7-11-9-12(14(20)21)15(4-2,16(17,18)19)22-13(11)8-10/h6-9H,3-5H2,1-2H3,(H,20,21). The third-order valence-electron chi connectivity index (χ3n) is 3.82. The van der Waals surface area contributed by atoms with Gasteiger partial charge < -0.3 is 9.84 Å². The lowest BCUT2D eigenvalue weighted by Crippen LogP contribution is -2.54. The van der Waals surface area contributed by atoms with E-state index in [4.69, 9.17) is 4.74 Å². The number of halogens is 3. The van der Waals surface area contributed by atoms with Crippen LogP contribution in [-0.4, -0.2) is 22.9 Å². The molecule has 0 saturated heterocycles. The van der Waals surface area contributed by atoms with Crippen molar-refractivity contribution in [2.45, 2.75) is 44.9 Å². The highest BCUT2D eigenvalue weighted by Gasteiger charge is 2.61. The number of aryl methyl sites for hydroxylation is 1. The molecule has 22 heavy (non-hydrogen) atoms. The molecule has 0 radical (unpaired) electrons. The summed E-state index contributed by atoms with van der Waals surface area (Å²) in [5.74, 6) is -1.54. The number of carboxylic acids is 1. The van der Waals surface area contributed by atoms with Crippen molar-refractivity contribution in [3.63, 3.8) is 0 Å². The number of hydrogen-bond acceptors (Lipinski definition) is 2. The van der Waals surface area contributed by atoms with E-state index < -0.39 is 29.7 Å². The zero-order valence-electron chi connectivity index (χ0n) is 12.3. The van der Waals surface area contributed by atoms with Gasteiger partial charge in [-0.1, -0.05) is 32.4 Å². The zero-order chi connectivity index (χ0) is 16.5. The summed E-state index contributed by atoms with van der Waals surface area (Å²) in [4.78, 5) is 11.3. The summed E-state index contributed by atoms with van der Waals surface area (Å²) in [5, 5.41) is 9.18. The van der Waals surface area contributed by atoms with Crippen molar-refractivity contribution in [3.05, 3.63) is 34.9 Å². The van der Waals surface area contributed by atoms with Gasteiger partial charge in [0.2, 0.25) is 5.60 Å². The molecule has 1 heterocycles. The lowest BCUT2D eigenvalue weighted by atomic mass is 9.85. The Kier molecular flexibility index (Phi) is 4.22. The summed E-state index contributed by atoms with van der Waals surface area (Å²) >= 11 is 0. The van der Waals surface area contributed by atoms with E-state index in [1.807, 2.05) is 6.92 Å². The number of hydrogen-bond donors (Lipinski definition) is 1. The predicted molar refractivity (Wildman–Crippen MR) is 75.8 cm³/mol. The van der Waals surface area contributed by atoms with E-state index in [9.17, 15) is 23.1 Å². The van der Waals surface area contributed by atoms with E-state index in [0.29, 0.717) is 5.56 Å². The van der Waals surface area contributed by atoms with Gasteiger partial charge >= 0.3 is 12.1 Å². The van der Waals surface area contributed by atoms with Crippen LogP contribution in [0.1, 0.15) is 37.8 Å². The van der Waals surface area contributed by atoms with Gasteiger partial charge in [-0.15, -0.1) is 0 Å². The Morgan fingerprint density at radius 2 is 2.00 bits per heavy atom. The molecule has 1 aliphatic heterocycles. The molecule has 1 N–H and O–H groups in total. The molecule has 2 rings (SSSR count). The topological polar surface area (TPSA) is 46.5 Å². The van der Waals surface area contributed by atoms with Crippen LogP contribution in [0.15, 0.2) is 23.8 Å².